The van der Waals surface area contributed by atoms with Gasteiger partial charge in [-0.2, -0.15) is 0 Å². The monoisotopic (exact) mass is 341 g/mol. The van der Waals surface area contributed by atoms with Crippen molar-refractivity contribution in [3.05, 3.63) is 0 Å². The predicted molar refractivity (Wildman–Crippen MR) is 78.4 cm³/mol. The van der Waals surface area contributed by atoms with Gasteiger partial charge in [0.2, 0.25) is 0 Å². The Labute approximate surface area is 116 Å². The van der Waals surface area contributed by atoms with E-state index in [9.17, 15) is 0 Å². The molecule has 2 N–H and O–H groups in total. The quantitative estimate of drug-likeness (QED) is 0.472. The summed E-state index contributed by atoms with van der Waals surface area (Å²) >= 11 is 0. The minimum absolute atomic E-state index is 0. The van der Waals surface area contributed by atoms with E-state index in [1.807, 2.05) is 27.8 Å². The number of guanidine groups is 1. The molecule has 5 heteroatoms. The Bertz CT molecular complexity index is 239. The number of nitrogens with two attached hydrogens (primary N) is 1. The van der Waals surface area contributed by atoms with Crippen LogP contribution in [0.2, 0.25) is 0 Å². The second-order valence-electron chi connectivity index (χ2n) is 4.71. The van der Waals surface area contributed by atoms with E-state index in [4.69, 9.17) is 10.5 Å². The van der Waals surface area contributed by atoms with Gasteiger partial charge in [-0.25, -0.2) is 0 Å². The summed E-state index contributed by atoms with van der Waals surface area (Å²) < 4.78 is 5.55. The summed E-state index contributed by atoms with van der Waals surface area (Å²) in [6, 6.07) is 0.615. The lowest BCUT2D eigenvalue weighted by molar-refractivity contribution is -0.00227. The first-order valence-corrected chi connectivity index (χ1v) is 5.63. The molecule has 0 spiro atoms. The lowest BCUT2D eigenvalue weighted by Crippen LogP contribution is -2.38. The molecular formula is C11H24IN3O. The fraction of sp³-hybridized carbons (Fsp3) is 0.909. The van der Waals surface area contributed by atoms with Crippen LogP contribution < -0.4 is 5.73 Å². The maximum atomic E-state index is 5.88. The lowest BCUT2D eigenvalue weighted by Gasteiger charge is -2.24. The van der Waals surface area contributed by atoms with Gasteiger partial charge < -0.3 is 15.4 Å². The van der Waals surface area contributed by atoms with Gasteiger partial charge in [0.1, 0.15) is 0 Å². The van der Waals surface area contributed by atoms with Crippen LogP contribution in [0.3, 0.4) is 0 Å². The molecule has 0 aromatic heterocycles. The van der Waals surface area contributed by atoms with Crippen LogP contribution in [0.15, 0.2) is 4.99 Å². The van der Waals surface area contributed by atoms with E-state index < -0.39 is 0 Å². The van der Waals surface area contributed by atoms with Gasteiger partial charge in [-0.05, 0) is 33.6 Å². The van der Waals surface area contributed by atoms with Crippen LogP contribution in [0, 0.1) is 0 Å². The molecule has 1 rings (SSSR count). The summed E-state index contributed by atoms with van der Waals surface area (Å²) in [4.78, 5) is 6.43. The molecule has 0 radical (unpaired) electrons. The third-order valence-corrected chi connectivity index (χ3v) is 2.61. The Morgan fingerprint density at radius 3 is 2.50 bits per heavy atom. The standard InChI is InChI=1S/C11H23N3O.HI/c1-5-15-11(2,3)8-13-10(12)14(4)9-6-7-9;/h9H,5-8H2,1-4H3,(H2,12,13);1H. The van der Waals surface area contributed by atoms with Gasteiger partial charge in [-0.1, -0.05) is 0 Å². The van der Waals surface area contributed by atoms with Crippen LogP contribution in [0.4, 0.5) is 0 Å². The van der Waals surface area contributed by atoms with Crippen LogP contribution >= 0.6 is 24.0 Å². The van der Waals surface area contributed by atoms with E-state index in [1.165, 1.54) is 12.8 Å². The fourth-order valence-corrected chi connectivity index (χ4v) is 1.47. The highest BCUT2D eigenvalue weighted by Crippen LogP contribution is 2.24. The number of ether oxygens (including phenoxy) is 1. The molecule has 0 aromatic carbocycles. The molecule has 0 amide bonds. The first-order chi connectivity index (χ1) is 6.96. The number of rotatable bonds is 5. The minimum Gasteiger partial charge on any atom is -0.374 e. The van der Waals surface area contributed by atoms with E-state index in [-0.39, 0.29) is 29.6 Å². The molecule has 96 valence electrons. The van der Waals surface area contributed by atoms with Gasteiger partial charge >= 0.3 is 0 Å². The first kappa shape index (κ1) is 16.0. The normalized spacial score (nSPS) is 16.9. The Morgan fingerprint density at radius 2 is 2.06 bits per heavy atom. The summed E-state index contributed by atoms with van der Waals surface area (Å²) in [5.41, 5.74) is 5.66. The number of hydrogen-bond donors (Lipinski definition) is 1. The molecule has 4 nitrogen and oxygen atoms in total. The molecule has 0 bridgehead atoms. The second kappa shape index (κ2) is 6.64. The third-order valence-electron chi connectivity index (χ3n) is 2.61. The number of halogens is 1. The molecule has 0 heterocycles. The van der Waals surface area contributed by atoms with Crippen molar-refractivity contribution in [3.63, 3.8) is 0 Å². The largest absolute Gasteiger partial charge is 0.374 e. The molecule has 0 aliphatic heterocycles. The Kier molecular flexibility index (Phi) is 6.62. The topological polar surface area (TPSA) is 50.9 Å². The fourth-order valence-electron chi connectivity index (χ4n) is 1.47. The molecule has 0 aromatic rings. The molecule has 0 atom stereocenters. The molecule has 0 unspecified atom stereocenters. The summed E-state index contributed by atoms with van der Waals surface area (Å²) in [6.45, 7) is 7.38. The third kappa shape index (κ3) is 5.34. The molecule has 0 saturated heterocycles. The maximum Gasteiger partial charge on any atom is 0.191 e. The van der Waals surface area contributed by atoms with Crippen LogP contribution in [-0.2, 0) is 4.74 Å². The van der Waals surface area contributed by atoms with Gasteiger partial charge in [-0.3, -0.25) is 4.99 Å². The highest BCUT2D eigenvalue weighted by atomic mass is 127. The van der Waals surface area contributed by atoms with Crippen LogP contribution in [0.1, 0.15) is 33.6 Å². The van der Waals surface area contributed by atoms with Crippen molar-refractivity contribution >= 4 is 29.9 Å². The van der Waals surface area contributed by atoms with E-state index in [2.05, 4.69) is 9.89 Å². The van der Waals surface area contributed by atoms with E-state index >= 15 is 0 Å². The van der Waals surface area contributed by atoms with Gasteiger partial charge in [0.05, 0.1) is 12.1 Å². The zero-order chi connectivity index (χ0) is 11.5. The average Bonchev–Trinajstić information content (AvgIpc) is 2.96. The van der Waals surface area contributed by atoms with Crippen molar-refractivity contribution in [2.75, 3.05) is 20.2 Å². The predicted octanol–water partition coefficient (Wildman–Crippen LogP) is 1.83. The van der Waals surface area contributed by atoms with Crippen LogP contribution in [0.25, 0.3) is 0 Å². The maximum absolute atomic E-state index is 5.88. The Hall–Kier alpha value is -0.0400. The van der Waals surface area contributed by atoms with Crippen LogP contribution in [-0.4, -0.2) is 42.7 Å². The summed E-state index contributed by atoms with van der Waals surface area (Å²) in [6.07, 6.45) is 2.48. The number of aliphatic imine (C=N–C) groups is 1. The SMILES string of the molecule is CCOC(C)(C)CN=C(N)N(C)C1CC1.I. The summed E-state index contributed by atoms with van der Waals surface area (Å²) in [5.74, 6) is 0.630. The zero-order valence-corrected chi connectivity index (χ0v) is 13.0. The van der Waals surface area contributed by atoms with Gasteiger partial charge in [0.25, 0.3) is 0 Å². The van der Waals surface area contributed by atoms with Crippen molar-refractivity contribution in [1.82, 2.24) is 4.90 Å². The summed E-state index contributed by atoms with van der Waals surface area (Å²) in [7, 11) is 2.00. The Morgan fingerprint density at radius 1 is 1.50 bits per heavy atom. The number of hydrogen-bond acceptors (Lipinski definition) is 2. The highest BCUT2D eigenvalue weighted by Gasteiger charge is 2.27. The van der Waals surface area contributed by atoms with Gasteiger partial charge in [-0.15, -0.1) is 24.0 Å². The second-order valence-corrected chi connectivity index (χ2v) is 4.71. The van der Waals surface area contributed by atoms with Crippen molar-refractivity contribution in [2.45, 2.75) is 45.3 Å². The molecule has 1 saturated carbocycles. The summed E-state index contributed by atoms with van der Waals surface area (Å²) in [5, 5.41) is 0. The van der Waals surface area contributed by atoms with E-state index in [0.717, 1.165) is 0 Å². The molecule has 1 fully saturated rings. The minimum atomic E-state index is -0.218. The van der Waals surface area contributed by atoms with E-state index in [1.54, 1.807) is 0 Å². The molecule has 16 heavy (non-hydrogen) atoms. The first-order valence-electron chi connectivity index (χ1n) is 5.63. The molecule has 1 aliphatic rings. The van der Waals surface area contributed by atoms with Gasteiger partial charge in [0, 0.05) is 19.7 Å². The lowest BCUT2D eigenvalue weighted by atomic mass is 10.1. The molecule has 1 aliphatic carbocycles. The van der Waals surface area contributed by atoms with Crippen molar-refractivity contribution in [1.29, 1.82) is 0 Å². The highest BCUT2D eigenvalue weighted by molar-refractivity contribution is 14.0. The van der Waals surface area contributed by atoms with Crippen molar-refractivity contribution in [3.8, 4) is 0 Å². The average molecular weight is 341 g/mol. The number of nitrogens with zero attached hydrogens (tertiary/aromatic N) is 2. The van der Waals surface area contributed by atoms with E-state index in [0.29, 0.717) is 25.2 Å². The van der Waals surface area contributed by atoms with Crippen LogP contribution in [0.5, 0.6) is 0 Å². The molecular weight excluding hydrogens is 317 g/mol. The van der Waals surface area contributed by atoms with Crippen molar-refractivity contribution in [2.24, 2.45) is 10.7 Å². The van der Waals surface area contributed by atoms with Gasteiger partial charge in [0.15, 0.2) is 5.96 Å². The van der Waals surface area contributed by atoms with Crippen molar-refractivity contribution < 1.29 is 4.74 Å². The smallest absolute Gasteiger partial charge is 0.191 e. The zero-order valence-electron chi connectivity index (χ0n) is 10.7. The Balaban J connectivity index is 0.00000225.